The van der Waals surface area contributed by atoms with Crippen molar-refractivity contribution in [1.29, 1.82) is 0 Å². The van der Waals surface area contributed by atoms with E-state index >= 15 is 0 Å². The molecule has 0 aliphatic rings. The molecule has 10 heteroatoms. The van der Waals surface area contributed by atoms with E-state index in [4.69, 9.17) is 0 Å². The van der Waals surface area contributed by atoms with Gasteiger partial charge in [-0.15, -0.1) is 0 Å². The third-order valence-electron chi connectivity index (χ3n) is 1.27. The average molecular weight is 287 g/mol. The van der Waals surface area contributed by atoms with Crippen LogP contribution in [0.2, 0.25) is 0 Å². The lowest BCUT2D eigenvalue weighted by Crippen LogP contribution is -2.35. The number of rotatable bonds is 8. The highest BCUT2D eigenvalue weighted by molar-refractivity contribution is 8.02. The number of hydrogen-bond donors (Lipinski definition) is 1. The van der Waals surface area contributed by atoms with Crippen molar-refractivity contribution in [3.63, 3.8) is 0 Å². The van der Waals surface area contributed by atoms with Crippen LogP contribution >= 0.6 is 0 Å². The maximum absolute atomic E-state index is 11.2. The van der Waals surface area contributed by atoms with E-state index in [1.165, 1.54) is 11.1 Å². The normalized spacial score (nSPS) is 12.1. The molecule has 0 radical (unpaired) electrons. The molecule has 0 aromatic carbocycles. The smallest absolute Gasteiger partial charge is 0.349 e. The van der Waals surface area contributed by atoms with Gasteiger partial charge in [-0.25, -0.2) is 13.2 Å². The van der Waals surface area contributed by atoms with Crippen LogP contribution in [0.15, 0.2) is 12.7 Å². The molecule has 0 rings (SSSR count). The minimum Gasteiger partial charge on any atom is -0.461 e. The van der Waals surface area contributed by atoms with Crippen LogP contribution < -0.4 is 4.13 Å². The largest absolute Gasteiger partial charge is 0.461 e. The van der Waals surface area contributed by atoms with Crippen molar-refractivity contribution in [2.24, 2.45) is 0 Å². The summed E-state index contributed by atoms with van der Waals surface area (Å²) in [5, 5.41) is 0. The van der Waals surface area contributed by atoms with Gasteiger partial charge in [0.2, 0.25) is 10.0 Å². The predicted octanol–water partition coefficient (Wildman–Crippen LogP) is -1.08. The Hall–Kier alpha value is -0.970. The first-order valence-electron chi connectivity index (χ1n) is 4.42. The van der Waals surface area contributed by atoms with Gasteiger partial charge >= 0.3 is 16.3 Å². The molecule has 17 heavy (non-hydrogen) atoms. The number of nitrogens with one attached hydrogen (secondary N) is 1. The highest BCUT2D eigenvalue weighted by Crippen LogP contribution is 1.94. The van der Waals surface area contributed by atoms with E-state index in [1.54, 1.807) is 0 Å². The van der Waals surface area contributed by atoms with Crippen LogP contribution in [0.4, 0.5) is 0 Å². The van der Waals surface area contributed by atoms with E-state index in [2.05, 4.69) is 15.5 Å². The Morgan fingerprint density at radius 2 is 1.94 bits per heavy atom. The van der Waals surface area contributed by atoms with Gasteiger partial charge < -0.3 is 4.74 Å². The SMILES string of the molecule is C=CC(=O)OCCS(=O)(=O)NS(=O)(=O)OCC. The van der Waals surface area contributed by atoms with E-state index in [1.807, 2.05) is 0 Å². The monoisotopic (exact) mass is 287 g/mol. The fraction of sp³-hybridized carbons (Fsp3) is 0.571. The second-order valence-electron chi connectivity index (χ2n) is 2.63. The lowest BCUT2D eigenvalue weighted by Gasteiger charge is -2.06. The topological polar surface area (TPSA) is 116 Å². The second kappa shape index (κ2) is 6.69. The molecule has 0 heterocycles. The first kappa shape index (κ1) is 16.0. The van der Waals surface area contributed by atoms with E-state index in [9.17, 15) is 21.6 Å². The van der Waals surface area contributed by atoms with Crippen LogP contribution in [0.25, 0.3) is 0 Å². The quantitative estimate of drug-likeness (QED) is 0.445. The minimum atomic E-state index is -4.34. The zero-order valence-corrected chi connectivity index (χ0v) is 10.7. The van der Waals surface area contributed by atoms with E-state index in [0.29, 0.717) is 0 Å². The molecule has 0 fully saturated rings. The molecule has 0 aliphatic carbocycles. The summed E-state index contributed by atoms with van der Waals surface area (Å²) >= 11 is 0. The Morgan fingerprint density at radius 3 is 2.41 bits per heavy atom. The van der Waals surface area contributed by atoms with Crippen LogP contribution in [0.1, 0.15) is 6.92 Å². The third-order valence-corrected chi connectivity index (χ3v) is 4.35. The first-order valence-corrected chi connectivity index (χ1v) is 7.48. The molecule has 0 aromatic heterocycles. The van der Waals surface area contributed by atoms with Crippen molar-refractivity contribution < 1.29 is 30.6 Å². The van der Waals surface area contributed by atoms with Crippen LogP contribution in [-0.4, -0.2) is 41.8 Å². The number of carbonyl (C=O) groups is 1. The van der Waals surface area contributed by atoms with Crippen molar-refractivity contribution in [2.45, 2.75) is 6.92 Å². The highest BCUT2D eigenvalue weighted by Gasteiger charge is 2.21. The summed E-state index contributed by atoms with van der Waals surface area (Å²) in [6, 6.07) is 0. The molecular formula is C7H13NO7S2. The molecule has 1 N–H and O–H groups in total. The molecule has 0 spiro atoms. The molecule has 0 saturated carbocycles. The Balaban J connectivity index is 4.31. The Labute approximate surface area is 99.9 Å². The predicted molar refractivity (Wildman–Crippen MR) is 58.6 cm³/mol. The number of sulfonamides is 1. The molecule has 100 valence electrons. The number of hydrogen-bond acceptors (Lipinski definition) is 7. The van der Waals surface area contributed by atoms with E-state index in [0.717, 1.165) is 6.08 Å². The Kier molecular flexibility index (Phi) is 6.31. The van der Waals surface area contributed by atoms with Crippen LogP contribution in [-0.2, 0) is 34.0 Å². The van der Waals surface area contributed by atoms with E-state index in [-0.39, 0.29) is 6.61 Å². The summed E-state index contributed by atoms with van der Waals surface area (Å²) in [6.07, 6.45) is 0.858. The Bertz CT molecular complexity index is 464. The maximum atomic E-state index is 11.2. The maximum Gasteiger partial charge on any atom is 0.349 e. The fourth-order valence-corrected chi connectivity index (χ4v) is 3.07. The van der Waals surface area contributed by atoms with Gasteiger partial charge in [0.05, 0.1) is 12.4 Å². The average Bonchev–Trinajstić information content (AvgIpc) is 2.14. The summed E-state index contributed by atoms with van der Waals surface area (Å²) < 4.78 is 54.2. The minimum absolute atomic E-state index is 0.198. The fourth-order valence-electron chi connectivity index (χ4n) is 0.687. The number of esters is 1. The molecular weight excluding hydrogens is 274 g/mol. The van der Waals surface area contributed by atoms with Gasteiger partial charge in [0.25, 0.3) is 0 Å². The van der Waals surface area contributed by atoms with Gasteiger partial charge in [-0.05, 0) is 6.92 Å². The lowest BCUT2D eigenvalue weighted by molar-refractivity contribution is -0.137. The van der Waals surface area contributed by atoms with Gasteiger partial charge in [0.15, 0.2) is 0 Å². The molecule has 8 nitrogen and oxygen atoms in total. The summed E-state index contributed by atoms with van der Waals surface area (Å²) in [6.45, 7) is 3.81. The number of carbonyl (C=O) groups excluding carboxylic acids is 1. The van der Waals surface area contributed by atoms with Crippen LogP contribution in [0.5, 0.6) is 0 Å². The molecule has 0 bridgehead atoms. The van der Waals surface area contributed by atoms with Crippen molar-refractivity contribution in [2.75, 3.05) is 19.0 Å². The van der Waals surface area contributed by atoms with Crippen LogP contribution in [0, 0.1) is 0 Å². The lowest BCUT2D eigenvalue weighted by atomic mass is 10.6. The number of ether oxygens (including phenoxy) is 1. The zero-order valence-electron chi connectivity index (χ0n) is 9.08. The first-order chi connectivity index (χ1) is 7.72. The van der Waals surface area contributed by atoms with Crippen LogP contribution in [0.3, 0.4) is 0 Å². The van der Waals surface area contributed by atoms with Gasteiger partial charge in [-0.3, -0.25) is 4.18 Å². The summed E-state index contributed by atoms with van der Waals surface area (Å²) in [4.78, 5) is 10.6. The van der Waals surface area contributed by atoms with Gasteiger partial charge in [-0.1, -0.05) is 10.7 Å². The zero-order chi connectivity index (χ0) is 13.5. The van der Waals surface area contributed by atoms with Crippen molar-refractivity contribution in [3.8, 4) is 0 Å². The summed E-state index contributed by atoms with van der Waals surface area (Å²) in [5.74, 6) is -1.49. The molecule has 0 unspecified atom stereocenters. The second-order valence-corrected chi connectivity index (χ2v) is 6.08. The molecule has 0 saturated heterocycles. The summed E-state index contributed by atoms with van der Waals surface area (Å²) in [7, 11) is -8.48. The molecule has 0 atom stereocenters. The molecule has 0 amide bonds. The van der Waals surface area contributed by atoms with Crippen molar-refractivity contribution >= 4 is 26.3 Å². The van der Waals surface area contributed by atoms with Gasteiger partial charge in [-0.2, -0.15) is 8.42 Å². The van der Waals surface area contributed by atoms with E-state index < -0.39 is 38.7 Å². The van der Waals surface area contributed by atoms with Gasteiger partial charge in [0, 0.05) is 6.08 Å². The molecule has 0 aliphatic heterocycles. The summed E-state index contributed by atoms with van der Waals surface area (Å²) in [5.41, 5.74) is 0. The standard InChI is InChI=1S/C7H13NO7S2/c1-3-7(9)14-5-6-16(10,11)8-17(12,13)15-4-2/h3,8H,1,4-6H2,2H3. The van der Waals surface area contributed by atoms with Crippen molar-refractivity contribution in [1.82, 2.24) is 4.13 Å². The third kappa shape index (κ3) is 7.85. The van der Waals surface area contributed by atoms with Gasteiger partial charge in [0.1, 0.15) is 6.61 Å². The Morgan fingerprint density at radius 1 is 1.35 bits per heavy atom. The van der Waals surface area contributed by atoms with Crippen molar-refractivity contribution in [3.05, 3.63) is 12.7 Å². The highest BCUT2D eigenvalue weighted by atomic mass is 32.3. The molecule has 0 aromatic rings.